The summed E-state index contributed by atoms with van der Waals surface area (Å²) in [5.74, 6) is 0.0296. The lowest BCUT2D eigenvalue weighted by molar-refractivity contribution is -0.384. The van der Waals surface area contributed by atoms with Gasteiger partial charge in [0.05, 0.1) is 4.92 Å². The molecule has 0 amide bonds. The Balaban J connectivity index is 1.59. The zero-order chi connectivity index (χ0) is 16.0. The first-order valence-electron chi connectivity index (χ1n) is 7.69. The number of nitro benzene ring substituents is 1. The lowest BCUT2D eigenvalue weighted by atomic mass is 10.1. The SMILES string of the molecule is O=[N+]([O-])c1ccc2c(c1N[C@@H]1C[C@H]1c1ccc(F)cc1)CCN2. The predicted molar refractivity (Wildman–Crippen MR) is 86.5 cm³/mol. The van der Waals surface area contributed by atoms with Gasteiger partial charge in [-0.15, -0.1) is 0 Å². The number of rotatable bonds is 4. The lowest BCUT2D eigenvalue weighted by Gasteiger charge is -2.11. The molecule has 1 fully saturated rings. The van der Waals surface area contributed by atoms with Gasteiger partial charge in [-0.3, -0.25) is 10.1 Å². The Labute approximate surface area is 132 Å². The third-order valence-corrected chi connectivity index (χ3v) is 4.60. The summed E-state index contributed by atoms with van der Waals surface area (Å²) in [5, 5.41) is 17.9. The summed E-state index contributed by atoms with van der Waals surface area (Å²) in [6.07, 6.45) is 1.69. The predicted octanol–water partition coefficient (Wildman–Crippen LogP) is 3.67. The van der Waals surface area contributed by atoms with Gasteiger partial charge < -0.3 is 10.6 Å². The zero-order valence-electron chi connectivity index (χ0n) is 12.4. The van der Waals surface area contributed by atoms with E-state index in [4.69, 9.17) is 0 Å². The average molecular weight is 313 g/mol. The molecule has 2 atom stereocenters. The number of halogens is 1. The molecule has 1 heterocycles. The summed E-state index contributed by atoms with van der Waals surface area (Å²) in [5.41, 5.74) is 3.78. The highest BCUT2D eigenvalue weighted by Gasteiger charge is 2.40. The third-order valence-electron chi connectivity index (χ3n) is 4.60. The third kappa shape index (κ3) is 2.50. The number of hydrogen-bond donors (Lipinski definition) is 2. The maximum absolute atomic E-state index is 13.0. The molecule has 0 aromatic heterocycles. The van der Waals surface area contributed by atoms with Crippen LogP contribution in [0.5, 0.6) is 0 Å². The van der Waals surface area contributed by atoms with E-state index < -0.39 is 0 Å². The molecule has 2 aromatic carbocycles. The Morgan fingerprint density at radius 1 is 1.22 bits per heavy atom. The molecule has 2 N–H and O–H groups in total. The molecule has 118 valence electrons. The van der Waals surface area contributed by atoms with Crippen molar-refractivity contribution in [3.05, 3.63) is 63.5 Å². The standard InChI is InChI=1S/C17H16FN3O2/c18-11-3-1-10(2-4-11)13-9-15(13)20-17-12-7-8-19-14(12)5-6-16(17)21(22)23/h1-6,13,15,19-20H,7-9H2/t13-,15+/m0/s1. The number of fused-ring (bicyclic) bond motifs is 1. The highest BCUT2D eigenvalue weighted by molar-refractivity contribution is 5.77. The van der Waals surface area contributed by atoms with E-state index in [0.29, 0.717) is 5.69 Å². The maximum atomic E-state index is 13.0. The highest BCUT2D eigenvalue weighted by atomic mass is 19.1. The number of benzene rings is 2. The van der Waals surface area contributed by atoms with Gasteiger partial charge in [-0.1, -0.05) is 12.1 Å². The van der Waals surface area contributed by atoms with E-state index in [2.05, 4.69) is 10.6 Å². The van der Waals surface area contributed by atoms with Crippen LogP contribution in [-0.4, -0.2) is 17.5 Å². The van der Waals surface area contributed by atoms with Crippen molar-refractivity contribution in [1.29, 1.82) is 0 Å². The molecule has 1 aliphatic carbocycles. The first-order valence-corrected chi connectivity index (χ1v) is 7.69. The van der Waals surface area contributed by atoms with E-state index in [1.165, 1.54) is 12.1 Å². The second-order valence-corrected chi connectivity index (χ2v) is 6.06. The Hall–Kier alpha value is -2.63. The van der Waals surface area contributed by atoms with Gasteiger partial charge in [0.1, 0.15) is 11.5 Å². The topological polar surface area (TPSA) is 67.2 Å². The fourth-order valence-corrected chi connectivity index (χ4v) is 3.31. The zero-order valence-corrected chi connectivity index (χ0v) is 12.4. The quantitative estimate of drug-likeness (QED) is 0.667. The lowest BCUT2D eigenvalue weighted by Crippen LogP contribution is -2.09. The Morgan fingerprint density at radius 2 is 2.00 bits per heavy atom. The van der Waals surface area contributed by atoms with E-state index in [-0.39, 0.29) is 28.4 Å². The first kappa shape index (κ1) is 14.0. The number of hydrogen-bond acceptors (Lipinski definition) is 4. The van der Waals surface area contributed by atoms with Gasteiger partial charge in [0.25, 0.3) is 5.69 Å². The van der Waals surface area contributed by atoms with Crippen LogP contribution in [0.25, 0.3) is 0 Å². The number of nitrogens with one attached hydrogen (secondary N) is 2. The molecule has 0 unspecified atom stereocenters. The van der Waals surface area contributed by atoms with Crippen LogP contribution in [0.2, 0.25) is 0 Å². The van der Waals surface area contributed by atoms with E-state index >= 15 is 0 Å². The van der Waals surface area contributed by atoms with Crippen molar-refractivity contribution >= 4 is 17.1 Å². The largest absolute Gasteiger partial charge is 0.384 e. The van der Waals surface area contributed by atoms with E-state index in [9.17, 15) is 14.5 Å². The van der Waals surface area contributed by atoms with Gasteiger partial charge >= 0.3 is 0 Å². The Morgan fingerprint density at radius 3 is 2.74 bits per heavy atom. The molecule has 0 bridgehead atoms. The minimum atomic E-state index is -0.337. The molecule has 1 saturated carbocycles. The van der Waals surface area contributed by atoms with Crippen molar-refractivity contribution in [2.24, 2.45) is 0 Å². The Kier molecular flexibility index (Phi) is 3.18. The summed E-state index contributed by atoms with van der Waals surface area (Å²) in [6.45, 7) is 0.803. The van der Waals surface area contributed by atoms with E-state index in [0.717, 1.165) is 36.2 Å². The van der Waals surface area contributed by atoms with Crippen molar-refractivity contribution in [3.8, 4) is 0 Å². The van der Waals surface area contributed by atoms with Gasteiger partial charge in [0, 0.05) is 35.8 Å². The molecule has 4 rings (SSSR count). The highest BCUT2D eigenvalue weighted by Crippen LogP contribution is 2.46. The van der Waals surface area contributed by atoms with Gasteiger partial charge in [-0.2, -0.15) is 0 Å². The number of nitrogens with zero attached hydrogens (tertiary/aromatic N) is 1. The molecule has 0 radical (unpaired) electrons. The monoisotopic (exact) mass is 313 g/mol. The van der Waals surface area contributed by atoms with E-state index in [1.54, 1.807) is 24.3 Å². The van der Waals surface area contributed by atoms with Crippen LogP contribution in [-0.2, 0) is 6.42 Å². The smallest absolute Gasteiger partial charge is 0.292 e. The van der Waals surface area contributed by atoms with Crippen molar-refractivity contribution in [1.82, 2.24) is 0 Å². The summed E-state index contributed by atoms with van der Waals surface area (Å²) in [6, 6.07) is 9.96. The molecule has 23 heavy (non-hydrogen) atoms. The van der Waals surface area contributed by atoms with Crippen molar-refractivity contribution in [2.45, 2.75) is 24.8 Å². The summed E-state index contributed by atoms with van der Waals surface area (Å²) in [7, 11) is 0. The van der Waals surface area contributed by atoms with Gasteiger partial charge in [0.2, 0.25) is 0 Å². The van der Waals surface area contributed by atoms with Gasteiger partial charge in [-0.25, -0.2) is 4.39 Å². The maximum Gasteiger partial charge on any atom is 0.292 e. The van der Waals surface area contributed by atoms with Crippen molar-refractivity contribution in [2.75, 3.05) is 17.2 Å². The molecule has 6 heteroatoms. The van der Waals surface area contributed by atoms with E-state index in [1.807, 2.05) is 0 Å². The Bertz CT molecular complexity index is 776. The molecule has 2 aromatic rings. The van der Waals surface area contributed by atoms with Gasteiger partial charge in [-0.05, 0) is 36.6 Å². The van der Waals surface area contributed by atoms with Crippen molar-refractivity contribution in [3.63, 3.8) is 0 Å². The molecule has 1 aliphatic heterocycles. The molecule has 0 spiro atoms. The van der Waals surface area contributed by atoms with Crippen LogP contribution in [0.1, 0.15) is 23.5 Å². The average Bonchev–Trinajstić information content (AvgIpc) is 3.12. The first-order chi connectivity index (χ1) is 11.1. The number of anilines is 2. The van der Waals surface area contributed by atoms with Crippen LogP contribution in [0.15, 0.2) is 36.4 Å². The van der Waals surface area contributed by atoms with Gasteiger partial charge in [0.15, 0.2) is 0 Å². The number of nitro groups is 1. The minimum absolute atomic E-state index is 0.122. The molecule has 2 aliphatic rings. The summed E-state index contributed by atoms with van der Waals surface area (Å²) >= 11 is 0. The molecular weight excluding hydrogens is 297 g/mol. The van der Waals surface area contributed by atoms with Crippen LogP contribution < -0.4 is 10.6 Å². The molecular formula is C17H16FN3O2. The minimum Gasteiger partial charge on any atom is -0.384 e. The molecule has 0 saturated heterocycles. The second-order valence-electron chi connectivity index (χ2n) is 6.06. The summed E-state index contributed by atoms with van der Waals surface area (Å²) < 4.78 is 13.0. The fraction of sp³-hybridized carbons (Fsp3) is 0.294. The van der Waals surface area contributed by atoms with Crippen molar-refractivity contribution < 1.29 is 9.31 Å². The van der Waals surface area contributed by atoms with Crippen LogP contribution in [0.4, 0.5) is 21.5 Å². The van der Waals surface area contributed by atoms with Crippen LogP contribution in [0, 0.1) is 15.9 Å². The van der Waals surface area contributed by atoms with Crippen LogP contribution >= 0.6 is 0 Å². The second kappa shape index (κ2) is 5.22. The normalized spacial score (nSPS) is 21.4. The fourth-order valence-electron chi connectivity index (χ4n) is 3.31. The summed E-state index contributed by atoms with van der Waals surface area (Å²) in [4.78, 5) is 11.0. The molecule has 5 nitrogen and oxygen atoms in total. The van der Waals surface area contributed by atoms with Crippen LogP contribution in [0.3, 0.4) is 0 Å².